The number of phenolic OH excluding ortho intramolecular Hbond substituents is 1. The molecule has 7 bridgehead atoms. The Balaban J connectivity index is 0.996. The number of phenols is 1. The van der Waals surface area contributed by atoms with E-state index in [2.05, 4.69) is 55.7 Å². The number of Topliss-reactive ketones (excluding diaryl/α,β-unsaturated/α-hetero) is 2. The number of aliphatic hydroxyl groups is 2. The zero-order valence-electron chi connectivity index (χ0n) is 44.6. The third-order valence-corrected chi connectivity index (χ3v) is 23.7. The number of benzene rings is 2. The minimum atomic E-state index is -0.859. The molecule has 12 rings (SSSR count). The van der Waals surface area contributed by atoms with Crippen LogP contribution in [0.5, 0.6) is 5.75 Å². The summed E-state index contributed by atoms with van der Waals surface area (Å²) in [7, 11) is 1.94. The van der Waals surface area contributed by atoms with Crippen molar-refractivity contribution >= 4 is 17.3 Å². The lowest BCUT2D eigenvalue weighted by molar-refractivity contribution is -0.213. The Morgan fingerprint density at radius 1 is 0.875 bits per heavy atom. The Morgan fingerprint density at radius 2 is 1.68 bits per heavy atom. The number of nitrogen functional groups attached to an aromatic ring is 1. The van der Waals surface area contributed by atoms with Crippen LogP contribution < -0.4 is 16.4 Å². The minimum Gasteiger partial charge on any atom is -0.508 e. The molecule has 8 aliphatic carbocycles. The molecule has 2 aromatic rings. The van der Waals surface area contributed by atoms with Crippen molar-refractivity contribution in [3.63, 3.8) is 0 Å². The first-order chi connectivity index (χ1) is 34.4. The number of ether oxygens (including phenoxy) is 1. The van der Waals surface area contributed by atoms with Gasteiger partial charge in [-0.1, -0.05) is 95.4 Å². The first-order valence-corrected chi connectivity index (χ1v) is 29.4. The summed E-state index contributed by atoms with van der Waals surface area (Å²) in [5, 5.41) is 43.8. The number of epoxide rings is 1. The van der Waals surface area contributed by atoms with E-state index in [1.54, 1.807) is 0 Å². The molecular formula is C63H89N3O6. The molecule has 6 saturated carbocycles. The van der Waals surface area contributed by atoms with E-state index < -0.39 is 28.1 Å². The fourth-order valence-electron chi connectivity index (χ4n) is 21.3. The van der Waals surface area contributed by atoms with Gasteiger partial charge in [-0.3, -0.25) is 9.59 Å². The number of fused-ring (bicyclic) bond motifs is 2. The third-order valence-electron chi connectivity index (χ3n) is 23.7. The quantitative estimate of drug-likeness (QED) is 0.112. The van der Waals surface area contributed by atoms with Crippen molar-refractivity contribution in [1.82, 2.24) is 10.6 Å². The number of hydrogen-bond acceptors (Lipinski definition) is 9. The molecule has 2 aliphatic heterocycles. The summed E-state index contributed by atoms with van der Waals surface area (Å²) in [5.41, 5.74) is 9.49. The van der Waals surface area contributed by atoms with Crippen LogP contribution in [0.2, 0.25) is 0 Å². The molecule has 17 unspecified atom stereocenters. The van der Waals surface area contributed by atoms with Gasteiger partial charge in [0.25, 0.3) is 0 Å². The summed E-state index contributed by atoms with van der Waals surface area (Å²) in [5.74, 6) is 2.83. The molecule has 7 N–H and O–H groups in total. The van der Waals surface area contributed by atoms with Crippen LogP contribution >= 0.6 is 0 Å². The second-order valence-corrected chi connectivity index (χ2v) is 27.5. The van der Waals surface area contributed by atoms with E-state index in [9.17, 15) is 15.3 Å². The fraction of sp³-hybridized carbons (Fsp3) is 0.746. The highest BCUT2D eigenvalue weighted by Gasteiger charge is 2.76. The fourth-order valence-corrected chi connectivity index (χ4v) is 21.3. The summed E-state index contributed by atoms with van der Waals surface area (Å²) >= 11 is 0. The average molecular weight is 984 g/mol. The maximum Gasteiger partial charge on any atom is 0.160 e. The lowest BCUT2D eigenvalue weighted by Crippen LogP contribution is -2.73. The summed E-state index contributed by atoms with van der Waals surface area (Å²) < 4.78 is 6.82. The number of hydrogen-bond donors (Lipinski definition) is 6. The van der Waals surface area contributed by atoms with Crippen LogP contribution in [0.25, 0.3) is 0 Å². The number of aromatic hydroxyl groups is 1. The van der Waals surface area contributed by atoms with E-state index in [4.69, 9.17) is 10.5 Å². The van der Waals surface area contributed by atoms with Crippen molar-refractivity contribution < 1.29 is 29.6 Å². The highest BCUT2D eigenvalue weighted by Crippen LogP contribution is 2.80. The molecule has 0 radical (unpaired) electrons. The van der Waals surface area contributed by atoms with Crippen LogP contribution in [-0.4, -0.2) is 69.9 Å². The Labute approximate surface area is 431 Å². The van der Waals surface area contributed by atoms with Gasteiger partial charge in [0.2, 0.25) is 0 Å². The Kier molecular flexibility index (Phi) is 12.3. The van der Waals surface area contributed by atoms with Crippen LogP contribution in [0.15, 0.2) is 53.6 Å². The van der Waals surface area contributed by atoms with E-state index in [1.807, 2.05) is 32.2 Å². The molecule has 0 amide bonds. The number of nitrogens with two attached hydrogens (primary N) is 1. The molecule has 9 nitrogen and oxygen atoms in total. The topological polar surface area (TPSA) is 157 Å². The van der Waals surface area contributed by atoms with Crippen molar-refractivity contribution in [2.24, 2.45) is 57.2 Å². The number of carbonyl (C=O) groups excluding carboxylic acids is 2. The van der Waals surface area contributed by atoms with Gasteiger partial charge in [0.05, 0.1) is 22.7 Å². The van der Waals surface area contributed by atoms with E-state index >= 15 is 9.59 Å². The number of rotatable bonds is 8. The molecule has 0 aromatic heterocycles. The molecular weight excluding hydrogens is 895 g/mol. The number of allylic oxidation sites excluding steroid dienone is 2. The Bertz CT molecular complexity index is 2500. The van der Waals surface area contributed by atoms with Gasteiger partial charge < -0.3 is 36.4 Å². The monoisotopic (exact) mass is 984 g/mol. The number of ketones is 2. The third kappa shape index (κ3) is 7.42. The molecule has 72 heavy (non-hydrogen) atoms. The molecule has 2 aromatic carbocycles. The van der Waals surface area contributed by atoms with Crippen LogP contribution in [0.3, 0.4) is 0 Å². The number of anilines is 1. The normalized spacial score (nSPS) is 46.2. The van der Waals surface area contributed by atoms with Gasteiger partial charge in [-0.2, -0.15) is 0 Å². The number of aliphatic hydroxyl groups excluding tert-OH is 1. The first-order valence-electron chi connectivity index (χ1n) is 29.4. The van der Waals surface area contributed by atoms with Crippen molar-refractivity contribution in [3.8, 4) is 5.75 Å². The Morgan fingerprint density at radius 3 is 2.50 bits per heavy atom. The maximum atomic E-state index is 16.5. The summed E-state index contributed by atoms with van der Waals surface area (Å²) in [6, 6.07) is 14.4. The predicted octanol–water partition coefficient (Wildman–Crippen LogP) is 11.2. The lowest BCUT2D eigenvalue weighted by atomic mass is 9.31. The molecule has 9 heteroatoms. The van der Waals surface area contributed by atoms with Crippen LogP contribution in [0.4, 0.5) is 5.69 Å². The van der Waals surface area contributed by atoms with Gasteiger partial charge in [0.15, 0.2) is 5.78 Å². The van der Waals surface area contributed by atoms with E-state index in [1.165, 1.54) is 30.4 Å². The largest absolute Gasteiger partial charge is 0.508 e. The predicted molar refractivity (Wildman–Crippen MR) is 283 cm³/mol. The van der Waals surface area contributed by atoms with Crippen molar-refractivity contribution in [2.45, 2.75) is 223 Å². The summed E-state index contributed by atoms with van der Waals surface area (Å²) in [6.45, 7) is 10.3. The maximum absolute atomic E-state index is 16.5. The molecule has 2 saturated heterocycles. The first kappa shape index (κ1) is 49.8. The van der Waals surface area contributed by atoms with Gasteiger partial charge in [-0.15, -0.1) is 0 Å². The number of β-amino-alcohol motifs (C(OH)–C–C–N with tert-alkyl or cyclic N) is 1. The van der Waals surface area contributed by atoms with Crippen LogP contribution in [-0.2, 0) is 26.3 Å². The second kappa shape index (κ2) is 17.7. The van der Waals surface area contributed by atoms with Gasteiger partial charge >= 0.3 is 0 Å². The number of nitrogens with one attached hydrogen (secondary N) is 2. The highest BCUT2D eigenvalue weighted by atomic mass is 16.6. The van der Waals surface area contributed by atoms with Gasteiger partial charge in [0.1, 0.15) is 17.6 Å². The van der Waals surface area contributed by atoms with Crippen LogP contribution in [0, 0.1) is 57.2 Å². The second-order valence-electron chi connectivity index (χ2n) is 27.5. The smallest absolute Gasteiger partial charge is 0.160 e. The molecule has 2 heterocycles. The minimum absolute atomic E-state index is 0.000276. The average Bonchev–Trinajstić information content (AvgIpc) is 3.62. The molecule has 392 valence electrons. The van der Waals surface area contributed by atoms with Crippen molar-refractivity contribution in [3.05, 3.63) is 70.3 Å². The van der Waals surface area contributed by atoms with Gasteiger partial charge in [-0.05, 0) is 203 Å². The Hall–Kier alpha value is -3.08. The molecule has 8 fully saturated rings. The van der Waals surface area contributed by atoms with E-state index in [0.29, 0.717) is 79.9 Å². The SMILES string of the molecule is CNCc1cc(O)cc(C23CCCC45CC(=O)C6=C4CCC4C(C)(C2)C2C(CC45CCCC4CCCCC4C6CC(O)C4OC4(C)C4CCCC4c4cccc(N)c4)NCC(C)(O)CCCCC2(C)C3=O)c1. The van der Waals surface area contributed by atoms with Gasteiger partial charge in [0, 0.05) is 42.1 Å². The molecule has 10 aliphatic rings. The highest BCUT2D eigenvalue weighted by molar-refractivity contribution is 6.01. The molecule has 2 spiro atoms. The zero-order valence-corrected chi connectivity index (χ0v) is 44.6. The summed E-state index contributed by atoms with van der Waals surface area (Å²) in [4.78, 5) is 32.5. The molecule has 17 atom stereocenters. The lowest BCUT2D eigenvalue weighted by Gasteiger charge is -2.73. The zero-order chi connectivity index (χ0) is 50.2. The summed E-state index contributed by atoms with van der Waals surface area (Å²) in [6.07, 6.45) is 20.9. The number of carbonyl (C=O) groups is 2. The van der Waals surface area contributed by atoms with E-state index in [-0.39, 0.29) is 46.0 Å². The van der Waals surface area contributed by atoms with Crippen molar-refractivity contribution in [2.75, 3.05) is 19.3 Å². The van der Waals surface area contributed by atoms with E-state index in [0.717, 1.165) is 125 Å². The van der Waals surface area contributed by atoms with Crippen molar-refractivity contribution in [1.29, 1.82) is 0 Å². The standard InChI is InChI=1S/C63H89N3O6/c1-57(71)23-8-9-24-58(2)54-49(66-37-57)33-63-26-12-16-39-14-6-7-18-44(39)46(32-50(68)55-60(4,72-55)47-20-11-19-45(47)40-15-10-17-42(64)30-40)53-48-21-22-52(63)59(54,3)36-61(56(58)70,25-13-27-62(48,63)34-51(53)69)41-28-38(35-65-5)29-43(67)31-41/h10,15,17,28-31,39,44-47,49-50,52,54-55,65-68,71H,6-9,11-14,16,18-27,32-37,64H2,1-5H3. The van der Waals surface area contributed by atoms with Crippen LogP contribution in [0.1, 0.15) is 198 Å². The van der Waals surface area contributed by atoms with Gasteiger partial charge in [-0.25, -0.2) is 0 Å².